The summed E-state index contributed by atoms with van der Waals surface area (Å²) in [7, 11) is 3.98. The predicted octanol–water partition coefficient (Wildman–Crippen LogP) is 5.39. The topological polar surface area (TPSA) is 55.6 Å². The van der Waals surface area contributed by atoms with E-state index >= 15 is 0 Å². The summed E-state index contributed by atoms with van der Waals surface area (Å²) < 4.78 is 5.96. The van der Waals surface area contributed by atoms with E-state index in [0.29, 0.717) is 23.6 Å². The van der Waals surface area contributed by atoms with E-state index < -0.39 is 0 Å². The maximum absolute atomic E-state index is 13.1. The standard InChI is InChI=1S/C27H30N2O2/c1-19-15-20(2)17-23(16-19)22-10-12-27(31-14-13-29(3)4)24(18-22)26(30)11-9-21-7-5-6-8-25(21)28/h5-12,15-18H,13-14,28H2,1-4H3/b11-9+. The number of nitrogens with zero attached hydrogens (tertiary/aromatic N) is 1. The molecular weight excluding hydrogens is 384 g/mol. The van der Waals surface area contributed by atoms with Gasteiger partial charge in [-0.05, 0) is 75.0 Å². The van der Waals surface area contributed by atoms with Gasteiger partial charge in [0.1, 0.15) is 12.4 Å². The fourth-order valence-corrected chi connectivity index (χ4v) is 3.43. The fraction of sp³-hybridized carbons (Fsp3) is 0.222. The summed E-state index contributed by atoms with van der Waals surface area (Å²) in [6.45, 7) is 5.43. The van der Waals surface area contributed by atoms with Crippen LogP contribution in [-0.4, -0.2) is 37.9 Å². The number of benzene rings is 3. The quantitative estimate of drug-likeness (QED) is 0.305. The zero-order valence-corrected chi connectivity index (χ0v) is 18.7. The van der Waals surface area contributed by atoms with Crippen molar-refractivity contribution in [3.8, 4) is 16.9 Å². The van der Waals surface area contributed by atoms with E-state index in [1.807, 2.05) is 61.5 Å². The molecule has 0 heterocycles. The van der Waals surface area contributed by atoms with E-state index in [-0.39, 0.29) is 5.78 Å². The van der Waals surface area contributed by atoms with Gasteiger partial charge in [0, 0.05) is 12.2 Å². The van der Waals surface area contributed by atoms with Gasteiger partial charge in [-0.3, -0.25) is 4.79 Å². The number of para-hydroxylation sites is 1. The highest BCUT2D eigenvalue weighted by atomic mass is 16.5. The number of rotatable bonds is 8. The molecule has 0 bridgehead atoms. The Kier molecular flexibility index (Phi) is 7.27. The summed E-state index contributed by atoms with van der Waals surface area (Å²) in [4.78, 5) is 15.2. The van der Waals surface area contributed by atoms with Gasteiger partial charge in [0.2, 0.25) is 0 Å². The van der Waals surface area contributed by atoms with Gasteiger partial charge in [0.05, 0.1) is 5.56 Å². The Morgan fingerprint density at radius 3 is 2.35 bits per heavy atom. The summed E-state index contributed by atoms with van der Waals surface area (Å²) in [5, 5.41) is 0. The Morgan fingerprint density at radius 1 is 0.968 bits per heavy atom. The average molecular weight is 415 g/mol. The molecule has 0 unspecified atom stereocenters. The summed E-state index contributed by atoms with van der Waals surface area (Å²) in [5.41, 5.74) is 12.5. The molecule has 31 heavy (non-hydrogen) atoms. The molecule has 3 aromatic carbocycles. The lowest BCUT2D eigenvalue weighted by molar-refractivity contribution is 0.104. The van der Waals surface area contributed by atoms with Crippen LogP contribution in [0.25, 0.3) is 17.2 Å². The Balaban J connectivity index is 1.96. The van der Waals surface area contributed by atoms with Crippen molar-refractivity contribution in [2.75, 3.05) is 33.0 Å². The number of ketones is 1. The summed E-state index contributed by atoms with van der Waals surface area (Å²) in [5.74, 6) is 0.472. The number of ether oxygens (including phenoxy) is 1. The molecule has 3 rings (SSSR count). The number of hydrogen-bond donors (Lipinski definition) is 1. The maximum Gasteiger partial charge on any atom is 0.189 e. The van der Waals surface area contributed by atoms with E-state index in [4.69, 9.17) is 10.5 Å². The number of allylic oxidation sites excluding steroid dienone is 1. The summed E-state index contributed by atoms with van der Waals surface area (Å²) >= 11 is 0. The molecule has 0 spiro atoms. The number of carbonyl (C=O) groups is 1. The third kappa shape index (κ3) is 6.06. The zero-order chi connectivity index (χ0) is 22.4. The summed E-state index contributed by atoms with van der Waals surface area (Å²) in [6, 6.07) is 19.7. The number of anilines is 1. The molecule has 0 atom stereocenters. The Morgan fingerprint density at radius 2 is 1.68 bits per heavy atom. The highest BCUT2D eigenvalue weighted by Crippen LogP contribution is 2.29. The predicted molar refractivity (Wildman–Crippen MR) is 130 cm³/mol. The highest BCUT2D eigenvalue weighted by Gasteiger charge is 2.13. The van der Waals surface area contributed by atoms with Crippen molar-refractivity contribution in [2.45, 2.75) is 13.8 Å². The van der Waals surface area contributed by atoms with Crippen LogP contribution in [0.1, 0.15) is 27.0 Å². The van der Waals surface area contributed by atoms with E-state index in [2.05, 4.69) is 32.0 Å². The normalized spacial score (nSPS) is 11.3. The molecule has 4 nitrogen and oxygen atoms in total. The van der Waals surface area contributed by atoms with E-state index in [1.165, 1.54) is 11.1 Å². The minimum Gasteiger partial charge on any atom is -0.491 e. The molecule has 0 aliphatic carbocycles. The van der Waals surface area contributed by atoms with Gasteiger partial charge in [0.15, 0.2) is 5.78 Å². The monoisotopic (exact) mass is 414 g/mol. The minimum absolute atomic E-state index is 0.116. The largest absolute Gasteiger partial charge is 0.491 e. The second kappa shape index (κ2) is 10.1. The Bertz CT molecular complexity index is 1080. The molecular formula is C27H30N2O2. The third-order valence-corrected chi connectivity index (χ3v) is 5.01. The van der Waals surface area contributed by atoms with Gasteiger partial charge >= 0.3 is 0 Å². The van der Waals surface area contributed by atoms with Gasteiger partial charge in [-0.25, -0.2) is 0 Å². The lowest BCUT2D eigenvalue weighted by Gasteiger charge is -2.15. The SMILES string of the molecule is Cc1cc(C)cc(-c2ccc(OCCN(C)C)c(C(=O)/C=C/c3ccccc3N)c2)c1. The van der Waals surface area contributed by atoms with Crippen molar-refractivity contribution in [1.82, 2.24) is 4.90 Å². The van der Waals surface area contributed by atoms with Crippen LogP contribution in [0.2, 0.25) is 0 Å². The van der Waals surface area contributed by atoms with Crippen LogP contribution in [0.4, 0.5) is 5.69 Å². The van der Waals surface area contributed by atoms with Crippen LogP contribution in [0.15, 0.2) is 66.7 Å². The number of carbonyl (C=O) groups excluding carboxylic acids is 1. The van der Waals surface area contributed by atoms with Crippen LogP contribution < -0.4 is 10.5 Å². The molecule has 0 saturated carbocycles. The van der Waals surface area contributed by atoms with E-state index in [1.54, 1.807) is 12.2 Å². The maximum atomic E-state index is 13.1. The van der Waals surface area contributed by atoms with Crippen molar-refractivity contribution in [3.63, 3.8) is 0 Å². The average Bonchev–Trinajstić information content (AvgIpc) is 2.72. The molecule has 0 aliphatic rings. The number of nitrogens with two attached hydrogens (primary N) is 1. The van der Waals surface area contributed by atoms with Gasteiger partial charge in [-0.15, -0.1) is 0 Å². The first-order chi connectivity index (χ1) is 14.8. The lowest BCUT2D eigenvalue weighted by atomic mass is 9.97. The van der Waals surface area contributed by atoms with Crippen LogP contribution >= 0.6 is 0 Å². The van der Waals surface area contributed by atoms with Gasteiger partial charge in [-0.2, -0.15) is 0 Å². The van der Waals surface area contributed by atoms with Crippen LogP contribution in [0.5, 0.6) is 5.75 Å². The third-order valence-electron chi connectivity index (χ3n) is 5.01. The van der Waals surface area contributed by atoms with Crippen LogP contribution in [-0.2, 0) is 0 Å². The Labute approximate surface area is 185 Å². The van der Waals surface area contributed by atoms with E-state index in [9.17, 15) is 4.79 Å². The van der Waals surface area contributed by atoms with Gasteiger partial charge < -0.3 is 15.4 Å². The number of aryl methyl sites for hydroxylation is 2. The van der Waals surface area contributed by atoms with Crippen molar-refractivity contribution in [1.29, 1.82) is 0 Å². The fourth-order valence-electron chi connectivity index (χ4n) is 3.43. The molecule has 3 aromatic rings. The van der Waals surface area contributed by atoms with Gasteiger partial charge in [0.25, 0.3) is 0 Å². The smallest absolute Gasteiger partial charge is 0.189 e. The first-order valence-corrected chi connectivity index (χ1v) is 10.4. The minimum atomic E-state index is -0.116. The molecule has 160 valence electrons. The number of hydrogen-bond acceptors (Lipinski definition) is 4. The van der Waals surface area contributed by atoms with Crippen molar-refractivity contribution < 1.29 is 9.53 Å². The zero-order valence-electron chi connectivity index (χ0n) is 18.7. The first kappa shape index (κ1) is 22.3. The molecule has 0 aliphatic heterocycles. The molecule has 0 aromatic heterocycles. The molecule has 4 heteroatoms. The second-order valence-electron chi connectivity index (χ2n) is 8.07. The molecule has 0 saturated heterocycles. The molecule has 0 fully saturated rings. The van der Waals surface area contributed by atoms with Crippen LogP contribution in [0, 0.1) is 13.8 Å². The second-order valence-corrected chi connectivity index (χ2v) is 8.07. The van der Waals surface area contributed by atoms with Gasteiger partial charge in [-0.1, -0.05) is 53.6 Å². The highest BCUT2D eigenvalue weighted by molar-refractivity contribution is 6.09. The Hall–Kier alpha value is -3.37. The number of likely N-dealkylation sites (N-methyl/N-ethyl adjacent to an activating group) is 1. The van der Waals surface area contributed by atoms with Crippen molar-refractivity contribution in [3.05, 3.63) is 89.0 Å². The van der Waals surface area contributed by atoms with Crippen molar-refractivity contribution >= 4 is 17.5 Å². The number of nitrogen functional groups attached to an aromatic ring is 1. The molecule has 0 radical (unpaired) electrons. The summed E-state index contributed by atoms with van der Waals surface area (Å²) in [6.07, 6.45) is 3.32. The van der Waals surface area contributed by atoms with Crippen LogP contribution in [0.3, 0.4) is 0 Å². The molecule has 2 N–H and O–H groups in total. The van der Waals surface area contributed by atoms with E-state index in [0.717, 1.165) is 23.2 Å². The van der Waals surface area contributed by atoms with Crippen molar-refractivity contribution in [2.24, 2.45) is 0 Å². The first-order valence-electron chi connectivity index (χ1n) is 10.4. The molecule has 0 amide bonds. The lowest BCUT2D eigenvalue weighted by Crippen LogP contribution is -2.20.